The van der Waals surface area contributed by atoms with Gasteiger partial charge in [-0.05, 0) is 0 Å². The Morgan fingerprint density at radius 1 is 2.00 bits per heavy atom. The van der Waals surface area contributed by atoms with Crippen molar-refractivity contribution >= 4 is 7.60 Å². The van der Waals surface area contributed by atoms with Gasteiger partial charge in [-0.2, -0.15) is 0 Å². The lowest BCUT2D eigenvalue weighted by atomic mass is 11.5. The highest BCUT2D eigenvalue weighted by molar-refractivity contribution is 7.51. The minimum absolute atomic E-state index is 0.375. The first kappa shape index (κ1) is 4.04. The summed E-state index contributed by atoms with van der Waals surface area (Å²) in [6, 6.07) is 0. The fourth-order valence-corrected chi connectivity index (χ4v) is 0.474. The summed E-state index contributed by atoms with van der Waals surface area (Å²) < 4.78 is 27.3. The van der Waals surface area contributed by atoms with Crippen LogP contribution in [0.15, 0.2) is 0 Å². The third kappa shape index (κ3) is 6.11. The highest BCUT2D eigenvalue weighted by atomic mass is 31.2. The van der Waals surface area contributed by atoms with E-state index in [1.165, 1.54) is 7.11 Å². The van der Waals surface area contributed by atoms with E-state index >= 15 is 0 Å². The van der Waals surface area contributed by atoms with E-state index in [9.17, 15) is 4.57 Å². The molecule has 0 aromatic heterocycles. The zero-order chi connectivity index (χ0) is 7.33. The van der Waals surface area contributed by atoms with Gasteiger partial charge in [0.1, 0.15) is 6.35 Å². The minimum Gasteiger partial charge on any atom is -0.372 e. The number of rotatable bonds is 4. The predicted molar refractivity (Wildman–Crippen MR) is 23.9 cm³/mol. The van der Waals surface area contributed by atoms with Crippen LogP contribution in [0.25, 0.3) is 0 Å². The summed E-state index contributed by atoms with van der Waals surface area (Å²) in [7, 11) is -2.30. The van der Waals surface area contributed by atoms with Crippen molar-refractivity contribution in [2.45, 2.75) is 0 Å². The molecule has 0 aromatic rings. The summed E-state index contributed by atoms with van der Waals surface area (Å²) in [6.07, 6.45) is -0.375. The van der Waals surface area contributed by atoms with E-state index in [1.807, 2.05) is 0 Å². The molecule has 0 rings (SSSR count). The largest absolute Gasteiger partial charge is 0.372 e. The van der Waals surface area contributed by atoms with Crippen molar-refractivity contribution in [3.63, 3.8) is 0 Å². The third-order valence-corrected chi connectivity index (χ3v) is 0.862. The number of hydrogen-bond donors (Lipinski definition) is 2. The summed E-state index contributed by atoms with van der Waals surface area (Å²) >= 11 is 0. The van der Waals surface area contributed by atoms with Gasteiger partial charge in [0, 0.05) is 7.11 Å². The summed E-state index contributed by atoms with van der Waals surface area (Å²) in [5, 5.41) is 0. The summed E-state index contributed by atoms with van der Waals surface area (Å²) in [5.41, 5.74) is 0. The average molecular weight is 130 g/mol. The molecule has 0 radical (unpaired) electrons. The molecule has 0 unspecified atom stereocenters. The summed E-state index contributed by atoms with van der Waals surface area (Å²) in [6.45, 7) is 0. The zero-order valence-electron chi connectivity index (χ0n) is 5.79. The van der Waals surface area contributed by atoms with Crippen molar-refractivity contribution in [1.82, 2.24) is 0 Å². The molecular weight excluding hydrogens is 119 g/mol. The van der Waals surface area contributed by atoms with Crippen molar-refractivity contribution in [3.8, 4) is 0 Å². The molecule has 0 heterocycles. The van der Waals surface area contributed by atoms with Gasteiger partial charge in [-0.1, -0.05) is 0 Å². The summed E-state index contributed by atoms with van der Waals surface area (Å²) in [4.78, 5) is 7.20. The lowest BCUT2D eigenvalue weighted by Crippen LogP contribution is -1.87. The fraction of sp³-hybridized carbons (Fsp3) is 1.00. The maximum atomic E-state index is 10.6. The molecule has 0 saturated carbocycles. The normalized spacial score (nSPS) is 15.6. The molecule has 0 fully saturated rings. The number of methoxy groups -OCH3 is 1. The predicted octanol–water partition coefficient (Wildman–Crippen LogP) is -0.232. The monoisotopic (exact) mass is 130 g/mol. The van der Waals surface area contributed by atoms with Crippen LogP contribution in [0.2, 0.25) is 0 Å². The molecule has 0 spiro atoms. The zero-order valence-corrected chi connectivity index (χ0v) is 4.68. The molecule has 0 amide bonds. The molecule has 0 aromatic carbocycles. The topological polar surface area (TPSA) is 66.8 Å². The molecule has 4 nitrogen and oxygen atoms in total. The highest BCUT2D eigenvalue weighted by Gasteiger charge is 2.09. The van der Waals surface area contributed by atoms with Gasteiger partial charge in [0.25, 0.3) is 0 Å². The Morgan fingerprint density at radius 2 is 2.57 bits per heavy atom. The van der Waals surface area contributed by atoms with Crippen molar-refractivity contribution < 1.29 is 19.1 Å². The Balaban J connectivity index is 3.78. The molecule has 0 aliphatic rings. The fourth-order valence-electron chi connectivity index (χ4n) is 0.158. The van der Waals surface area contributed by atoms with Crippen molar-refractivity contribution in [2.24, 2.45) is 0 Å². The molecular formula is C2H7O4P. The first-order valence-electron chi connectivity index (χ1n) is 2.38. The van der Waals surface area contributed by atoms with Gasteiger partial charge in [0.05, 0.1) is 0 Å². The Kier molecular flexibility index (Phi) is 1.40. The van der Waals surface area contributed by atoms with Crippen LogP contribution in [0.3, 0.4) is 0 Å². The molecule has 0 atom stereocenters. The van der Waals surface area contributed by atoms with E-state index in [2.05, 4.69) is 14.5 Å². The number of hydrogen-bond acceptors (Lipinski definition) is 4. The van der Waals surface area contributed by atoms with Crippen LogP contribution in [-0.4, -0.2) is 26.1 Å². The quantitative estimate of drug-likeness (QED) is 0.516. The lowest BCUT2D eigenvalue weighted by Gasteiger charge is -1.97. The molecule has 0 aliphatic heterocycles. The van der Waals surface area contributed by atoms with Crippen molar-refractivity contribution in [3.05, 3.63) is 0 Å². The Hall–Kier alpha value is 0.110. The van der Waals surface area contributed by atoms with Gasteiger partial charge in [0.15, 0.2) is 0 Å². The van der Waals surface area contributed by atoms with Crippen LogP contribution in [-0.2, 0) is 9.30 Å². The SMILES string of the molecule is [3H]OP(=O)(COC)O[3H]. The second-order valence-electron chi connectivity index (χ2n) is 1.03. The van der Waals surface area contributed by atoms with Crippen molar-refractivity contribution in [1.29, 1.82) is 2.86 Å². The van der Waals surface area contributed by atoms with E-state index in [0.29, 0.717) is 0 Å². The van der Waals surface area contributed by atoms with Crippen LogP contribution in [0.4, 0.5) is 0 Å². The standard InChI is InChI=1S/C2H7O4P/c1-6-2-7(3,4)5/h2H2,1H3,(H2,3,4,5)/i/hT2. The Bertz CT molecular complexity index is 109. The lowest BCUT2D eigenvalue weighted by molar-refractivity contribution is 0.217. The van der Waals surface area contributed by atoms with Crippen LogP contribution >= 0.6 is 7.60 Å². The van der Waals surface area contributed by atoms with E-state index < -0.39 is 7.60 Å². The minimum atomic E-state index is -3.57. The van der Waals surface area contributed by atoms with Gasteiger partial charge >= 0.3 is 7.60 Å². The first-order chi connectivity index (χ1) is 4.18. The molecule has 0 saturated heterocycles. The smallest absolute Gasteiger partial charge is 0.350 e. The van der Waals surface area contributed by atoms with Crippen molar-refractivity contribution in [2.75, 3.05) is 13.5 Å². The van der Waals surface area contributed by atoms with Crippen LogP contribution in [0.1, 0.15) is 0 Å². The van der Waals surface area contributed by atoms with Crippen LogP contribution in [0.5, 0.6) is 0 Å². The molecule has 0 aliphatic carbocycles. The molecule has 44 valence electrons. The van der Waals surface area contributed by atoms with Crippen LogP contribution < -0.4 is 0 Å². The number of ether oxygens (including phenoxy) is 1. The van der Waals surface area contributed by atoms with Gasteiger partial charge in [-0.3, -0.25) is 4.57 Å². The first-order valence-corrected chi connectivity index (χ1v) is 3.29. The van der Waals surface area contributed by atoms with Gasteiger partial charge < -0.3 is 14.5 Å². The summed E-state index contributed by atoms with van der Waals surface area (Å²) in [5.74, 6) is 0. The van der Waals surface area contributed by atoms with E-state index in [0.717, 1.165) is 0 Å². The maximum Gasteiger partial charge on any atom is 0.350 e. The van der Waals surface area contributed by atoms with Gasteiger partial charge in [0.2, 0.25) is 2.86 Å². The van der Waals surface area contributed by atoms with Gasteiger partial charge in [-0.25, -0.2) is 0 Å². The maximum absolute atomic E-state index is 10.6. The second-order valence-corrected chi connectivity index (χ2v) is 2.51. The van der Waals surface area contributed by atoms with Crippen LogP contribution in [0, 0.1) is 0 Å². The molecule has 5 heteroatoms. The Labute approximate surface area is 44.3 Å². The van der Waals surface area contributed by atoms with E-state index in [4.69, 9.17) is 2.86 Å². The highest BCUT2D eigenvalue weighted by Crippen LogP contribution is 2.33. The molecule has 7 heavy (non-hydrogen) atoms. The molecule has 0 bridgehead atoms. The van der Waals surface area contributed by atoms with E-state index in [1.54, 1.807) is 0 Å². The van der Waals surface area contributed by atoms with E-state index in [-0.39, 0.29) is 6.35 Å². The average Bonchev–Trinajstić information content (AvgIpc) is 1.89. The molecule has 2 N–H and O–H groups in total. The second kappa shape index (κ2) is 2.43. The van der Waals surface area contributed by atoms with Gasteiger partial charge in [-0.15, -0.1) is 0 Å². The Morgan fingerprint density at radius 3 is 2.71 bits per heavy atom. The third-order valence-electron chi connectivity index (χ3n) is 0.287.